The average Bonchev–Trinajstić information content (AvgIpc) is 2.41. The molecule has 1 N–H and O–H groups in total. The van der Waals surface area contributed by atoms with Crippen LogP contribution < -0.4 is 5.32 Å². The molecule has 0 atom stereocenters. The van der Waals surface area contributed by atoms with Crippen LogP contribution in [0.5, 0.6) is 0 Å². The first-order valence-electron chi connectivity index (χ1n) is 3.38. The van der Waals surface area contributed by atoms with E-state index in [0.717, 1.165) is 12.3 Å². The summed E-state index contributed by atoms with van der Waals surface area (Å²) in [5.41, 5.74) is 0.0434. The molecule has 2 heteroatoms. The van der Waals surface area contributed by atoms with Gasteiger partial charge in [-0.1, -0.05) is 0 Å². The van der Waals surface area contributed by atoms with Crippen molar-refractivity contribution in [2.75, 3.05) is 0 Å². The van der Waals surface area contributed by atoms with Gasteiger partial charge in [-0.05, 0) is 32.6 Å². The normalized spacial score (nSPS) is 19.3. The first-order valence-corrected chi connectivity index (χ1v) is 3.38. The van der Waals surface area contributed by atoms with Crippen LogP contribution >= 0.6 is 0 Å². The fourth-order valence-corrected chi connectivity index (χ4v) is 1.07. The molecule has 0 radical (unpaired) electrons. The second-order valence-electron chi connectivity index (χ2n) is 3.26. The highest BCUT2D eigenvalue weighted by Crippen LogP contribution is 2.38. The van der Waals surface area contributed by atoms with E-state index in [1.807, 2.05) is 0 Å². The van der Waals surface area contributed by atoms with Crippen LogP contribution in [-0.4, -0.2) is 11.9 Å². The Labute approximate surface area is 55.6 Å². The Morgan fingerprint density at radius 3 is 2.44 bits per heavy atom. The Hall–Kier alpha value is -0.530. The average molecular weight is 127 g/mol. The molecule has 0 heterocycles. The molecule has 52 valence electrons. The third-order valence-electron chi connectivity index (χ3n) is 2.03. The van der Waals surface area contributed by atoms with Gasteiger partial charge in [-0.25, -0.2) is 0 Å². The highest BCUT2D eigenvalue weighted by Gasteiger charge is 2.37. The summed E-state index contributed by atoms with van der Waals surface area (Å²) in [6.45, 7) is 4.14. The second kappa shape index (κ2) is 2.01. The molecule has 1 aliphatic rings. The standard InChI is InChI=1S/C7H13NO/c1-7(2,8-5-9)6-3-4-6/h5-6H,3-4H2,1-2H3,(H,8,9). The highest BCUT2D eigenvalue weighted by atomic mass is 16.1. The minimum atomic E-state index is 0.0434. The third-order valence-corrected chi connectivity index (χ3v) is 2.03. The molecule has 0 aromatic heterocycles. The molecule has 0 aromatic rings. The van der Waals surface area contributed by atoms with E-state index in [1.54, 1.807) is 0 Å². The smallest absolute Gasteiger partial charge is 0.207 e. The number of hydrogen-bond donors (Lipinski definition) is 1. The lowest BCUT2D eigenvalue weighted by Crippen LogP contribution is -2.40. The quantitative estimate of drug-likeness (QED) is 0.561. The first kappa shape index (κ1) is 6.59. The molecule has 1 aliphatic carbocycles. The number of rotatable bonds is 3. The van der Waals surface area contributed by atoms with E-state index >= 15 is 0 Å². The van der Waals surface area contributed by atoms with Crippen molar-refractivity contribution in [1.82, 2.24) is 5.32 Å². The Morgan fingerprint density at radius 1 is 1.56 bits per heavy atom. The maximum absolute atomic E-state index is 10.0. The van der Waals surface area contributed by atoms with Crippen molar-refractivity contribution in [3.8, 4) is 0 Å². The van der Waals surface area contributed by atoms with Crippen molar-refractivity contribution in [2.24, 2.45) is 5.92 Å². The van der Waals surface area contributed by atoms with Crippen molar-refractivity contribution in [2.45, 2.75) is 32.2 Å². The van der Waals surface area contributed by atoms with Crippen LogP contribution in [-0.2, 0) is 4.79 Å². The Morgan fingerprint density at radius 2 is 2.11 bits per heavy atom. The Balaban J connectivity index is 2.38. The fourth-order valence-electron chi connectivity index (χ4n) is 1.07. The molecule has 0 aliphatic heterocycles. The summed E-state index contributed by atoms with van der Waals surface area (Å²) < 4.78 is 0. The van der Waals surface area contributed by atoms with Gasteiger partial charge in [0.2, 0.25) is 6.41 Å². The molecule has 0 aromatic carbocycles. The van der Waals surface area contributed by atoms with E-state index in [4.69, 9.17) is 0 Å². The predicted molar refractivity (Wildman–Crippen MR) is 36.0 cm³/mol. The van der Waals surface area contributed by atoms with Crippen molar-refractivity contribution in [1.29, 1.82) is 0 Å². The molecule has 0 spiro atoms. The molecule has 0 unspecified atom stereocenters. The molecule has 9 heavy (non-hydrogen) atoms. The first-order chi connectivity index (χ1) is 4.17. The van der Waals surface area contributed by atoms with E-state index < -0.39 is 0 Å². The van der Waals surface area contributed by atoms with Gasteiger partial charge in [0, 0.05) is 5.54 Å². The van der Waals surface area contributed by atoms with Gasteiger partial charge in [0.15, 0.2) is 0 Å². The topological polar surface area (TPSA) is 29.1 Å². The molecule has 1 amide bonds. The van der Waals surface area contributed by atoms with E-state index in [2.05, 4.69) is 19.2 Å². The lowest BCUT2D eigenvalue weighted by Gasteiger charge is -2.22. The van der Waals surface area contributed by atoms with Crippen LogP contribution in [0, 0.1) is 5.92 Å². The van der Waals surface area contributed by atoms with Gasteiger partial charge in [0.1, 0.15) is 0 Å². The molecule has 1 rings (SSSR count). The molecule has 2 nitrogen and oxygen atoms in total. The molecule has 0 saturated heterocycles. The van der Waals surface area contributed by atoms with E-state index in [-0.39, 0.29) is 5.54 Å². The van der Waals surface area contributed by atoms with Gasteiger partial charge in [0.25, 0.3) is 0 Å². The van der Waals surface area contributed by atoms with Crippen LogP contribution in [0.15, 0.2) is 0 Å². The van der Waals surface area contributed by atoms with Crippen molar-refractivity contribution >= 4 is 6.41 Å². The number of carbonyl (C=O) groups excluding carboxylic acids is 1. The molecule has 0 bridgehead atoms. The number of nitrogens with one attached hydrogen (secondary N) is 1. The lowest BCUT2D eigenvalue weighted by molar-refractivity contribution is -0.111. The Bertz CT molecular complexity index is 116. The summed E-state index contributed by atoms with van der Waals surface area (Å²) in [6, 6.07) is 0. The summed E-state index contributed by atoms with van der Waals surface area (Å²) in [7, 11) is 0. The molecule has 1 saturated carbocycles. The maximum atomic E-state index is 10.0. The third kappa shape index (κ3) is 1.44. The van der Waals surface area contributed by atoms with Gasteiger partial charge in [-0.15, -0.1) is 0 Å². The van der Waals surface area contributed by atoms with Crippen LogP contribution in [0.1, 0.15) is 26.7 Å². The zero-order valence-corrected chi connectivity index (χ0v) is 5.98. The fraction of sp³-hybridized carbons (Fsp3) is 0.857. The zero-order chi connectivity index (χ0) is 6.91. The van der Waals surface area contributed by atoms with Crippen molar-refractivity contribution in [3.63, 3.8) is 0 Å². The SMILES string of the molecule is CC(C)(NC=O)C1CC1. The van der Waals surface area contributed by atoms with E-state index in [1.165, 1.54) is 12.8 Å². The van der Waals surface area contributed by atoms with Crippen molar-refractivity contribution in [3.05, 3.63) is 0 Å². The summed E-state index contributed by atoms with van der Waals surface area (Å²) in [5, 5.41) is 2.80. The zero-order valence-electron chi connectivity index (χ0n) is 5.98. The van der Waals surface area contributed by atoms with Crippen molar-refractivity contribution < 1.29 is 4.79 Å². The van der Waals surface area contributed by atoms with Gasteiger partial charge in [-0.3, -0.25) is 4.79 Å². The van der Waals surface area contributed by atoms with Crippen LogP contribution in [0.2, 0.25) is 0 Å². The van der Waals surface area contributed by atoms with Crippen LogP contribution in [0.4, 0.5) is 0 Å². The van der Waals surface area contributed by atoms with Crippen LogP contribution in [0.25, 0.3) is 0 Å². The van der Waals surface area contributed by atoms with Crippen LogP contribution in [0.3, 0.4) is 0 Å². The summed E-state index contributed by atoms with van der Waals surface area (Å²) in [5.74, 6) is 0.725. The highest BCUT2D eigenvalue weighted by molar-refractivity contribution is 5.48. The van der Waals surface area contributed by atoms with Gasteiger partial charge < -0.3 is 5.32 Å². The van der Waals surface area contributed by atoms with Gasteiger partial charge in [0.05, 0.1) is 0 Å². The largest absolute Gasteiger partial charge is 0.354 e. The van der Waals surface area contributed by atoms with Gasteiger partial charge in [-0.2, -0.15) is 0 Å². The number of hydrogen-bond acceptors (Lipinski definition) is 1. The van der Waals surface area contributed by atoms with Gasteiger partial charge >= 0.3 is 0 Å². The Kier molecular flexibility index (Phi) is 1.47. The molecular weight excluding hydrogens is 114 g/mol. The molecular formula is C7H13NO. The summed E-state index contributed by atoms with van der Waals surface area (Å²) in [6.07, 6.45) is 3.33. The number of carbonyl (C=O) groups is 1. The molecule has 1 fully saturated rings. The maximum Gasteiger partial charge on any atom is 0.207 e. The van der Waals surface area contributed by atoms with E-state index in [0.29, 0.717) is 0 Å². The second-order valence-corrected chi connectivity index (χ2v) is 3.26. The van der Waals surface area contributed by atoms with E-state index in [9.17, 15) is 4.79 Å². The summed E-state index contributed by atoms with van der Waals surface area (Å²) in [4.78, 5) is 10.0. The lowest BCUT2D eigenvalue weighted by atomic mass is 10.00. The monoisotopic (exact) mass is 127 g/mol. The summed E-state index contributed by atoms with van der Waals surface area (Å²) >= 11 is 0. The minimum absolute atomic E-state index is 0.0434. The predicted octanol–water partition coefficient (Wildman–Crippen LogP) is 0.921. The number of amides is 1. The minimum Gasteiger partial charge on any atom is -0.354 e.